The van der Waals surface area contributed by atoms with E-state index in [4.69, 9.17) is 0 Å². The first-order chi connectivity index (χ1) is 7.58. The van der Waals surface area contributed by atoms with E-state index >= 15 is 0 Å². The maximum atomic E-state index is 13.1. The van der Waals surface area contributed by atoms with E-state index in [1.54, 1.807) is 13.1 Å². The van der Waals surface area contributed by atoms with Gasteiger partial charge in [-0.2, -0.15) is 4.39 Å². The number of hydrogen-bond acceptors (Lipinski definition) is 1. The maximum absolute atomic E-state index is 13.1. The Morgan fingerprint density at radius 3 is 2.44 bits per heavy atom. The van der Waals surface area contributed by atoms with Gasteiger partial charge in [0.25, 0.3) is 0 Å². The van der Waals surface area contributed by atoms with Crippen LogP contribution in [0.1, 0.15) is 16.7 Å². The van der Waals surface area contributed by atoms with Crippen molar-refractivity contribution >= 4 is 0 Å². The maximum Gasteiger partial charge on any atom is 0.215 e. The molecule has 0 bridgehead atoms. The Balaban J connectivity index is 2.58. The molecule has 16 heavy (non-hydrogen) atoms. The van der Waals surface area contributed by atoms with Gasteiger partial charge in [0, 0.05) is 17.3 Å². The van der Waals surface area contributed by atoms with Crippen molar-refractivity contribution in [2.45, 2.75) is 20.8 Å². The lowest BCUT2D eigenvalue weighted by Gasteiger charge is -2.08. The fourth-order valence-corrected chi connectivity index (χ4v) is 1.75. The van der Waals surface area contributed by atoms with Gasteiger partial charge >= 0.3 is 0 Å². The molecule has 0 fully saturated rings. The van der Waals surface area contributed by atoms with Crippen molar-refractivity contribution in [1.29, 1.82) is 0 Å². The Hall–Kier alpha value is -1.70. The normalized spacial score (nSPS) is 10.5. The molecule has 0 atom stereocenters. The average Bonchev–Trinajstić information content (AvgIpc) is 2.26. The summed E-state index contributed by atoms with van der Waals surface area (Å²) in [6.45, 7) is 5.83. The smallest absolute Gasteiger partial charge is 0.215 e. The minimum atomic E-state index is -0.394. The largest absolute Gasteiger partial charge is 0.227 e. The minimum absolute atomic E-state index is 0.394. The Labute approximate surface area is 95.0 Å². The number of halogens is 1. The highest BCUT2D eigenvalue weighted by Crippen LogP contribution is 2.25. The molecule has 1 aromatic carbocycles. The molecular weight excluding hydrogens is 201 g/mol. The zero-order valence-electron chi connectivity index (χ0n) is 9.71. The molecule has 0 aliphatic rings. The van der Waals surface area contributed by atoms with E-state index in [0.717, 1.165) is 11.1 Å². The molecule has 2 aromatic rings. The Kier molecular flexibility index (Phi) is 2.73. The van der Waals surface area contributed by atoms with Gasteiger partial charge < -0.3 is 0 Å². The van der Waals surface area contributed by atoms with E-state index in [1.165, 1.54) is 11.1 Å². The van der Waals surface area contributed by atoms with Crippen molar-refractivity contribution in [1.82, 2.24) is 4.98 Å². The highest BCUT2D eigenvalue weighted by atomic mass is 19.1. The molecule has 0 amide bonds. The number of nitrogens with zero attached hydrogens (tertiary/aromatic N) is 1. The van der Waals surface area contributed by atoms with Crippen LogP contribution in [-0.2, 0) is 0 Å². The molecule has 1 nitrogen and oxygen atoms in total. The van der Waals surface area contributed by atoms with Crippen molar-refractivity contribution in [3.8, 4) is 11.1 Å². The Morgan fingerprint density at radius 1 is 1.00 bits per heavy atom. The average molecular weight is 215 g/mol. The van der Waals surface area contributed by atoms with Crippen LogP contribution >= 0.6 is 0 Å². The number of hydrogen-bond donors (Lipinski definition) is 0. The van der Waals surface area contributed by atoms with Crippen LogP contribution in [0.3, 0.4) is 0 Å². The summed E-state index contributed by atoms with van der Waals surface area (Å²) in [6, 6.07) is 8.08. The van der Waals surface area contributed by atoms with Crippen LogP contribution in [-0.4, -0.2) is 4.98 Å². The second-order valence-corrected chi connectivity index (χ2v) is 4.15. The molecule has 1 aromatic heterocycles. The summed E-state index contributed by atoms with van der Waals surface area (Å²) >= 11 is 0. The van der Waals surface area contributed by atoms with Crippen LogP contribution in [0, 0.1) is 26.7 Å². The first kappa shape index (κ1) is 10.8. The summed E-state index contributed by atoms with van der Waals surface area (Å²) in [7, 11) is 0. The summed E-state index contributed by atoms with van der Waals surface area (Å²) in [5.74, 6) is -0.394. The molecule has 82 valence electrons. The molecule has 0 saturated heterocycles. The van der Waals surface area contributed by atoms with Gasteiger partial charge in [-0.15, -0.1) is 0 Å². The molecular formula is C14H14FN. The van der Waals surface area contributed by atoms with E-state index < -0.39 is 5.95 Å². The lowest BCUT2D eigenvalue weighted by Crippen LogP contribution is -1.91. The third-order valence-electron chi connectivity index (χ3n) is 2.72. The quantitative estimate of drug-likeness (QED) is 0.659. The van der Waals surface area contributed by atoms with Gasteiger partial charge in [-0.3, -0.25) is 0 Å². The van der Waals surface area contributed by atoms with Crippen molar-refractivity contribution in [2.24, 2.45) is 0 Å². The predicted molar refractivity (Wildman–Crippen MR) is 63.8 cm³/mol. The number of rotatable bonds is 1. The second-order valence-electron chi connectivity index (χ2n) is 4.15. The summed E-state index contributed by atoms with van der Waals surface area (Å²) in [5, 5.41) is 0. The van der Waals surface area contributed by atoms with Crippen LogP contribution in [0.4, 0.5) is 4.39 Å². The summed E-state index contributed by atoms with van der Waals surface area (Å²) in [6.07, 6.45) is 1.59. The topological polar surface area (TPSA) is 12.9 Å². The third kappa shape index (κ3) is 1.96. The summed E-state index contributed by atoms with van der Waals surface area (Å²) < 4.78 is 13.1. The van der Waals surface area contributed by atoms with E-state index in [1.807, 2.05) is 19.9 Å². The highest BCUT2D eigenvalue weighted by molar-refractivity contribution is 5.67. The van der Waals surface area contributed by atoms with Gasteiger partial charge in [0.1, 0.15) is 0 Å². The van der Waals surface area contributed by atoms with E-state index in [9.17, 15) is 4.39 Å². The van der Waals surface area contributed by atoms with Gasteiger partial charge in [-0.05, 0) is 38.0 Å². The third-order valence-corrected chi connectivity index (χ3v) is 2.72. The number of aryl methyl sites for hydroxylation is 3. The molecule has 0 N–H and O–H groups in total. The summed E-state index contributed by atoms with van der Waals surface area (Å²) in [5.41, 5.74) is 5.05. The van der Waals surface area contributed by atoms with Crippen molar-refractivity contribution < 1.29 is 4.39 Å². The van der Waals surface area contributed by atoms with Crippen molar-refractivity contribution in [3.63, 3.8) is 0 Å². The van der Waals surface area contributed by atoms with Crippen LogP contribution in [0.5, 0.6) is 0 Å². The summed E-state index contributed by atoms with van der Waals surface area (Å²) in [4.78, 5) is 3.76. The first-order valence-corrected chi connectivity index (χ1v) is 5.27. The van der Waals surface area contributed by atoms with Gasteiger partial charge in [0.05, 0.1) is 0 Å². The van der Waals surface area contributed by atoms with Crippen LogP contribution in [0.25, 0.3) is 11.1 Å². The lowest BCUT2D eigenvalue weighted by atomic mass is 9.99. The van der Waals surface area contributed by atoms with Crippen LogP contribution in [0.2, 0.25) is 0 Å². The van der Waals surface area contributed by atoms with Crippen molar-refractivity contribution in [2.75, 3.05) is 0 Å². The van der Waals surface area contributed by atoms with E-state index in [0.29, 0.717) is 5.56 Å². The van der Waals surface area contributed by atoms with Crippen LogP contribution in [0.15, 0.2) is 30.5 Å². The molecule has 2 heteroatoms. The predicted octanol–water partition coefficient (Wildman–Crippen LogP) is 3.81. The fraction of sp³-hybridized carbons (Fsp3) is 0.214. The van der Waals surface area contributed by atoms with Crippen molar-refractivity contribution in [3.05, 3.63) is 53.1 Å². The van der Waals surface area contributed by atoms with Gasteiger partial charge in [-0.25, -0.2) is 4.98 Å². The zero-order valence-corrected chi connectivity index (χ0v) is 9.71. The highest BCUT2D eigenvalue weighted by Gasteiger charge is 2.05. The standard InChI is InChI=1S/C14H14FN/c1-9-4-5-10(2)13(6-9)12-7-11(3)14(15)16-8-12/h4-8H,1-3H3. The van der Waals surface area contributed by atoms with E-state index in [-0.39, 0.29) is 0 Å². The van der Waals surface area contributed by atoms with E-state index in [2.05, 4.69) is 23.2 Å². The second kappa shape index (κ2) is 4.05. The van der Waals surface area contributed by atoms with Gasteiger partial charge in [0.15, 0.2) is 0 Å². The van der Waals surface area contributed by atoms with Crippen LogP contribution < -0.4 is 0 Å². The number of pyridine rings is 1. The molecule has 0 radical (unpaired) electrons. The first-order valence-electron chi connectivity index (χ1n) is 5.27. The molecule has 0 aliphatic carbocycles. The molecule has 0 saturated carbocycles. The van der Waals surface area contributed by atoms with Gasteiger partial charge in [-0.1, -0.05) is 23.8 Å². The fourth-order valence-electron chi connectivity index (χ4n) is 1.75. The Bertz CT molecular complexity index is 532. The Morgan fingerprint density at radius 2 is 1.75 bits per heavy atom. The minimum Gasteiger partial charge on any atom is -0.227 e. The monoisotopic (exact) mass is 215 g/mol. The molecule has 1 heterocycles. The molecule has 0 spiro atoms. The zero-order chi connectivity index (χ0) is 11.7. The molecule has 2 rings (SSSR count). The number of aromatic nitrogens is 1. The lowest BCUT2D eigenvalue weighted by molar-refractivity contribution is 0.575. The SMILES string of the molecule is Cc1ccc(C)c(-c2cnc(F)c(C)c2)c1. The number of benzene rings is 1. The van der Waals surface area contributed by atoms with Gasteiger partial charge in [0.2, 0.25) is 5.95 Å². The molecule has 0 aliphatic heterocycles. The molecule has 0 unspecified atom stereocenters.